The Hall–Kier alpha value is -4.60. The number of benzene rings is 3. The number of nitrogens with zero attached hydrogens (tertiary/aromatic N) is 1. The van der Waals surface area contributed by atoms with Crippen molar-refractivity contribution in [2.24, 2.45) is 5.92 Å². The van der Waals surface area contributed by atoms with Gasteiger partial charge in [0.05, 0.1) is 60.3 Å². The van der Waals surface area contributed by atoms with Crippen molar-refractivity contribution in [2.75, 3.05) is 52.9 Å². The highest BCUT2D eigenvalue weighted by molar-refractivity contribution is 6.00. The maximum atomic E-state index is 13.8. The maximum absolute atomic E-state index is 13.8. The highest BCUT2D eigenvalue weighted by atomic mass is 16.5. The van der Waals surface area contributed by atoms with Gasteiger partial charge in [-0.2, -0.15) is 0 Å². The van der Waals surface area contributed by atoms with Crippen LogP contribution in [0.1, 0.15) is 24.4 Å². The van der Waals surface area contributed by atoms with Crippen molar-refractivity contribution < 1.29 is 38.0 Å². The van der Waals surface area contributed by atoms with Crippen LogP contribution in [0, 0.1) is 5.92 Å². The molecule has 2 atom stereocenters. The van der Waals surface area contributed by atoms with Gasteiger partial charge in [0.15, 0.2) is 23.0 Å². The van der Waals surface area contributed by atoms with Crippen molar-refractivity contribution in [3.8, 4) is 34.5 Å². The monoisotopic (exact) mass is 550 g/mol. The Kier molecular flexibility index (Phi) is 8.88. The molecule has 1 fully saturated rings. The standard InChI is InChI=1S/C30H34N2O8/c1-35-21-10-7-18(8-11-21)28-22(30(34)31-19-9-13-23(36-2)24(15-19)37-3)12-14-27(33)32(28)20-16-25(38-4)29(40-6)26(17-20)39-5/h7-11,13,15-17,22,28H,12,14H2,1-6H3,(H,31,34)/t22-,28+/m1/s1. The molecule has 0 unspecified atom stereocenters. The number of rotatable bonds is 10. The van der Waals surface area contributed by atoms with E-state index >= 15 is 0 Å². The molecule has 1 N–H and O–H groups in total. The van der Waals surface area contributed by atoms with Gasteiger partial charge >= 0.3 is 0 Å². The van der Waals surface area contributed by atoms with Gasteiger partial charge in [-0.1, -0.05) is 12.1 Å². The number of anilines is 2. The highest BCUT2D eigenvalue weighted by Gasteiger charge is 2.42. The first kappa shape index (κ1) is 28.4. The molecule has 4 rings (SSSR count). The molecule has 212 valence electrons. The molecule has 40 heavy (non-hydrogen) atoms. The summed E-state index contributed by atoms with van der Waals surface area (Å²) < 4.78 is 32.6. The molecule has 1 aliphatic heterocycles. The quantitative estimate of drug-likeness (QED) is 0.382. The lowest BCUT2D eigenvalue weighted by molar-refractivity contribution is -0.125. The minimum atomic E-state index is -0.630. The van der Waals surface area contributed by atoms with Crippen molar-refractivity contribution in [3.63, 3.8) is 0 Å². The van der Waals surface area contributed by atoms with Crippen LogP contribution in [0.2, 0.25) is 0 Å². The predicted octanol–water partition coefficient (Wildman–Crippen LogP) is 4.86. The smallest absolute Gasteiger partial charge is 0.229 e. The fourth-order valence-corrected chi connectivity index (χ4v) is 5.01. The summed E-state index contributed by atoms with van der Waals surface area (Å²) in [5, 5.41) is 3.00. The molecule has 0 aliphatic carbocycles. The lowest BCUT2D eigenvalue weighted by Crippen LogP contribution is -2.47. The molecule has 1 heterocycles. The summed E-state index contributed by atoms with van der Waals surface area (Å²) in [6.45, 7) is 0. The number of carbonyl (C=O) groups excluding carboxylic acids is 2. The first-order valence-corrected chi connectivity index (χ1v) is 12.7. The van der Waals surface area contributed by atoms with Gasteiger partial charge in [-0.25, -0.2) is 0 Å². The van der Waals surface area contributed by atoms with Gasteiger partial charge in [-0.15, -0.1) is 0 Å². The summed E-state index contributed by atoms with van der Waals surface area (Å²) in [7, 11) is 9.21. The molecule has 1 aliphatic rings. The van der Waals surface area contributed by atoms with Gasteiger partial charge in [-0.05, 0) is 36.2 Å². The highest BCUT2D eigenvalue weighted by Crippen LogP contribution is 2.46. The lowest BCUT2D eigenvalue weighted by atomic mass is 9.83. The van der Waals surface area contributed by atoms with Crippen LogP contribution < -0.4 is 38.6 Å². The van der Waals surface area contributed by atoms with Crippen LogP contribution in [0.25, 0.3) is 0 Å². The van der Waals surface area contributed by atoms with Crippen LogP contribution in [-0.2, 0) is 9.59 Å². The summed E-state index contributed by atoms with van der Waals surface area (Å²) in [6.07, 6.45) is 0.531. The van der Waals surface area contributed by atoms with Gasteiger partial charge < -0.3 is 38.6 Å². The van der Waals surface area contributed by atoms with E-state index in [1.165, 1.54) is 28.4 Å². The van der Waals surface area contributed by atoms with Crippen molar-refractivity contribution in [1.29, 1.82) is 0 Å². The molecule has 1 saturated heterocycles. The number of hydrogen-bond donors (Lipinski definition) is 1. The summed E-state index contributed by atoms with van der Waals surface area (Å²) in [5.41, 5.74) is 1.84. The third-order valence-corrected chi connectivity index (χ3v) is 6.97. The second-order valence-corrected chi connectivity index (χ2v) is 9.07. The number of carbonyl (C=O) groups is 2. The number of methoxy groups -OCH3 is 6. The number of ether oxygens (including phenoxy) is 6. The van der Waals surface area contributed by atoms with Crippen molar-refractivity contribution in [2.45, 2.75) is 18.9 Å². The Morgan fingerprint density at radius 3 is 1.93 bits per heavy atom. The van der Waals surface area contributed by atoms with Crippen LogP contribution in [0.3, 0.4) is 0 Å². The van der Waals surface area contributed by atoms with Crippen molar-refractivity contribution in [3.05, 3.63) is 60.2 Å². The van der Waals surface area contributed by atoms with E-state index in [2.05, 4.69) is 5.32 Å². The molecule has 3 aromatic rings. The van der Waals surface area contributed by atoms with E-state index in [4.69, 9.17) is 28.4 Å². The van der Waals surface area contributed by atoms with E-state index in [0.29, 0.717) is 52.3 Å². The Balaban J connectivity index is 1.79. The topological polar surface area (TPSA) is 105 Å². The molecule has 10 heteroatoms. The Morgan fingerprint density at radius 2 is 1.38 bits per heavy atom. The molecule has 0 saturated carbocycles. The summed E-state index contributed by atoms with van der Waals surface area (Å²) in [4.78, 5) is 29.0. The molecule has 3 aromatic carbocycles. The molecule has 0 spiro atoms. The third-order valence-electron chi connectivity index (χ3n) is 6.97. The summed E-state index contributed by atoms with van der Waals surface area (Å²) in [6, 6.07) is 15.3. The lowest BCUT2D eigenvalue weighted by Gasteiger charge is -2.41. The summed E-state index contributed by atoms with van der Waals surface area (Å²) in [5.74, 6) is 1.95. The Morgan fingerprint density at radius 1 is 0.750 bits per heavy atom. The van der Waals surface area contributed by atoms with E-state index in [9.17, 15) is 9.59 Å². The number of hydrogen-bond acceptors (Lipinski definition) is 8. The molecule has 0 aromatic heterocycles. The average molecular weight is 551 g/mol. The second-order valence-electron chi connectivity index (χ2n) is 9.07. The van der Waals surface area contributed by atoms with Crippen LogP contribution >= 0.6 is 0 Å². The van der Waals surface area contributed by atoms with Crippen LogP contribution in [0.4, 0.5) is 11.4 Å². The molecule has 10 nitrogen and oxygen atoms in total. The van der Waals surface area contributed by atoms with Gasteiger partial charge in [-0.3, -0.25) is 9.59 Å². The number of piperidine rings is 1. The van der Waals surface area contributed by atoms with E-state index in [1.807, 2.05) is 24.3 Å². The van der Waals surface area contributed by atoms with E-state index < -0.39 is 12.0 Å². The fourth-order valence-electron chi connectivity index (χ4n) is 5.01. The largest absolute Gasteiger partial charge is 0.497 e. The van der Waals surface area contributed by atoms with E-state index in [-0.39, 0.29) is 18.2 Å². The molecule has 2 amide bonds. The molecule has 0 radical (unpaired) electrons. The fraction of sp³-hybridized carbons (Fsp3) is 0.333. The Labute approximate surface area is 233 Å². The predicted molar refractivity (Wildman–Crippen MR) is 150 cm³/mol. The van der Waals surface area contributed by atoms with E-state index in [1.54, 1.807) is 49.5 Å². The van der Waals surface area contributed by atoms with Crippen LogP contribution in [0.15, 0.2) is 54.6 Å². The maximum Gasteiger partial charge on any atom is 0.229 e. The SMILES string of the molecule is COc1ccc([C@H]2[C@H](C(=O)Nc3ccc(OC)c(OC)c3)CCC(=O)N2c2cc(OC)c(OC)c(OC)c2)cc1. The van der Waals surface area contributed by atoms with Gasteiger partial charge in [0, 0.05) is 30.3 Å². The number of nitrogens with one attached hydrogen (secondary N) is 1. The molecule has 0 bridgehead atoms. The van der Waals surface area contributed by atoms with E-state index in [0.717, 1.165) is 5.56 Å². The number of amides is 2. The summed E-state index contributed by atoms with van der Waals surface area (Å²) >= 11 is 0. The zero-order valence-corrected chi connectivity index (χ0v) is 23.5. The minimum absolute atomic E-state index is 0.134. The Bertz CT molecular complexity index is 1330. The normalized spacial score (nSPS) is 16.6. The van der Waals surface area contributed by atoms with Crippen molar-refractivity contribution in [1.82, 2.24) is 0 Å². The minimum Gasteiger partial charge on any atom is -0.497 e. The first-order chi connectivity index (χ1) is 19.4. The molecular weight excluding hydrogens is 516 g/mol. The zero-order chi connectivity index (χ0) is 28.8. The van der Waals surface area contributed by atoms with Gasteiger partial charge in [0.2, 0.25) is 17.6 Å². The van der Waals surface area contributed by atoms with Crippen LogP contribution in [0.5, 0.6) is 34.5 Å². The third kappa shape index (κ3) is 5.56. The zero-order valence-electron chi connectivity index (χ0n) is 23.5. The van der Waals surface area contributed by atoms with Crippen molar-refractivity contribution >= 4 is 23.2 Å². The average Bonchev–Trinajstić information content (AvgIpc) is 2.99. The van der Waals surface area contributed by atoms with Crippen LogP contribution in [-0.4, -0.2) is 54.5 Å². The second kappa shape index (κ2) is 12.5. The van der Waals surface area contributed by atoms with Gasteiger partial charge in [0.1, 0.15) is 5.75 Å². The molecular formula is C30H34N2O8. The van der Waals surface area contributed by atoms with Gasteiger partial charge in [0.25, 0.3) is 0 Å². The first-order valence-electron chi connectivity index (χ1n) is 12.7.